The summed E-state index contributed by atoms with van der Waals surface area (Å²) >= 11 is 0. The monoisotopic (exact) mass is 771 g/mol. The molecule has 0 aliphatic heterocycles. The minimum atomic E-state index is -0.0986. The number of allylic oxidation sites excluding steroid dienone is 4. The Morgan fingerprint density at radius 2 is 1.12 bits per heavy atom. The van der Waals surface area contributed by atoms with Crippen LogP contribution >= 0.6 is 0 Å². The fraction of sp³-hybridized carbons (Fsp3) is 0.138. The molecule has 1 aromatic heterocycles. The van der Waals surface area contributed by atoms with Gasteiger partial charge in [0.2, 0.25) is 0 Å². The molecular weight excluding hydrogens is 727 g/mol. The molecule has 2 heteroatoms. The summed E-state index contributed by atoms with van der Waals surface area (Å²) < 4.78 is 6.29. The molecule has 0 saturated heterocycles. The van der Waals surface area contributed by atoms with Gasteiger partial charge in [-0.1, -0.05) is 149 Å². The second-order valence-electron chi connectivity index (χ2n) is 18.2. The van der Waals surface area contributed by atoms with Crippen LogP contribution in [0.25, 0.3) is 71.7 Å². The van der Waals surface area contributed by atoms with Crippen molar-refractivity contribution in [3.05, 3.63) is 210 Å². The molecule has 60 heavy (non-hydrogen) atoms. The Balaban J connectivity index is 0.943. The average Bonchev–Trinajstić information content (AvgIpc) is 3.85. The van der Waals surface area contributed by atoms with Gasteiger partial charge in [-0.2, -0.15) is 0 Å². The van der Waals surface area contributed by atoms with Crippen molar-refractivity contribution in [2.24, 2.45) is 5.92 Å². The van der Waals surface area contributed by atoms with Gasteiger partial charge in [0.25, 0.3) is 0 Å². The van der Waals surface area contributed by atoms with Crippen molar-refractivity contribution in [3.63, 3.8) is 0 Å². The van der Waals surface area contributed by atoms with E-state index in [1.807, 2.05) is 12.1 Å². The van der Waals surface area contributed by atoms with Gasteiger partial charge in [0, 0.05) is 33.3 Å². The maximum atomic E-state index is 6.29. The molecule has 8 aromatic carbocycles. The molecule has 0 saturated carbocycles. The summed E-state index contributed by atoms with van der Waals surface area (Å²) in [5.74, 6) is 0.340. The lowest BCUT2D eigenvalue weighted by Gasteiger charge is -2.36. The number of para-hydroxylation sites is 1. The summed E-state index contributed by atoms with van der Waals surface area (Å²) in [6.07, 6.45) is 5.75. The first-order chi connectivity index (χ1) is 29.2. The summed E-state index contributed by atoms with van der Waals surface area (Å²) in [7, 11) is 0. The van der Waals surface area contributed by atoms with Gasteiger partial charge in [0.05, 0.1) is 0 Å². The van der Waals surface area contributed by atoms with Crippen molar-refractivity contribution in [3.8, 4) is 33.4 Å². The second-order valence-corrected chi connectivity index (χ2v) is 18.2. The number of nitrogens with zero attached hydrogens (tertiary/aromatic N) is 1. The van der Waals surface area contributed by atoms with Crippen LogP contribution in [0.4, 0.5) is 11.4 Å². The highest BCUT2D eigenvalue weighted by Gasteiger charge is 2.45. The molecule has 0 spiro atoms. The fourth-order valence-electron chi connectivity index (χ4n) is 10.9. The van der Waals surface area contributed by atoms with Crippen LogP contribution in [0.15, 0.2) is 192 Å². The Labute approximate surface area is 351 Å². The molecule has 0 bridgehead atoms. The van der Waals surface area contributed by atoms with Gasteiger partial charge < -0.3 is 9.32 Å². The van der Waals surface area contributed by atoms with Gasteiger partial charge in [0.1, 0.15) is 11.2 Å². The number of rotatable bonds is 5. The van der Waals surface area contributed by atoms with Crippen LogP contribution in [0, 0.1) is 5.92 Å². The van der Waals surface area contributed by atoms with E-state index in [2.05, 4.69) is 202 Å². The Morgan fingerprint density at radius 1 is 0.467 bits per heavy atom. The zero-order chi connectivity index (χ0) is 40.3. The summed E-state index contributed by atoms with van der Waals surface area (Å²) in [5.41, 5.74) is 20.0. The van der Waals surface area contributed by atoms with Crippen molar-refractivity contribution in [2.45, 2.75) is 44.9 Å². The van der Waals surface area contributed by atoms with Crippen LogP contribution in [-0.4, -0.2) is 0 Å². The molecule has 1 heterocycles. The Hall–Kier alpha value is -6.90. The maximum Gasteiger partial charge on any atom is 0.136 e. The van der Waals surface area contributed by atoms with Gasteiger partial charge in [0.15, 0.2) is 0 Å². The molecule has 2 nitrogen and oxygen atoms in total. The first-order valence-corrected chi connectivity index (χ1v) is 21.3. The summed E-state index contributed by atoms with van der Waals surface area (Å²) in [4.78, 5) is 2.53. The van der Waals surface area contributed by atoms with Crippen molar-refractivity contribution in [1.82, 2.24) is 0 Å². The minimum Gasteiger partial charge on any atom is -0.456 e. The summed E-state index contributed by atoms with van der Waals surface area (Å²) in [6, 6.07) is 62.8. The van der Waals surface area contributed by atoms with E-state index in [1.54, 1.807) is 0 Å². The van der Waals surface area contributed by atoms with Gasteiger partial charge in [-0.3, -0.25) is 0 Å². The largest absolute Gasteiger partial charge is 0.456 e. The normalized spacial score (nSPS) is 16.9. The third kappa shape index (κ3) is 5.20. The van der Waals surface area contributed by atoms with E-state index >= 15 is 0 Å². The van der Waals surface area contributed by atoms with Crippen molar-refractivity contribution < 1.29 is 4.42 Å². The van der Waals surface area contributed by atoms with E-state index < -0.39 is 0 Å². The van der Waals surface area contributed by atoms with E-state index in [-0.39, 0.29) is 10.8 Å². The summed E-state index contributed by atoms with van der Waals surface area (Å²) in [6.45, 7) is 9.66. The van der Waals surface area contributed by atoms with Crippen LogP contribution < -0.4 is 4.90 Å². The van der Waals surface area contributed by atoms with Gasteiger partial charge in [-0.25, -0.2) is 0 Å². The molecule has 288 valence electrons. The molecule has 0 amide bonds. The Kier molecular flexibility index (Phi) is 7.48. The lowest BCUT2D eigenvalue weighted by Crippen LogP contribution is -2.29. The first kappa shape index (κ1) is 35.1. The first-order valence-electron chi connectivity index (χ1n) is 21.3. The standard InChI is InChI=1S/C58H45NO/c1-57(2)51-15-9-7-13-45(51)47-29-25-43(34-53(47)57)59(42-23-19-37(20-24-42)41-22-28-50-49-14-8-10-16-55(49)60-56(50)33-41)44-26-30-48-46-27-21-40(32-52(46)58(3,4)54(48)35-44)39-18-17-36-11-5-6-12-38(36)31-39/h5-34,54H,35H2,1-4H3. The van der Waals surface area contributed by atoms with Crippen LogP contribution in [0.3, 0.4) is 0 Å². The highest BCUT2D eigenvalue weighted by Crippen LogP contribution is 2.56. The zero-order valence-electron chi connectivity index (χ0n) is 34.5. The third-order valence-corrected chi connectivity index (χ3v) is 14.2. The summed E-state index contributed by atoms with van der Waals surface area (Å²) in [5, 5.41) is 4.86. The van der Waals surface area contributed by atoms with E-state index in [0.717, 1.165) is 39.6 Å². The Morgan fingerprint density at radius 3 is 2.00 bits per heavy atom. The van der Waals surface area contributed by atoms with Crippen molar-refractivity contribution >= 4 is 49.7 Å². The van der Waals surface area contributed by atoms with Crippen LogP contribution in [0.2, 0.25) is 0 Å². The highest BCUT2D eigenvalue weighted by atomic mass is 16.3. The molecule has 0 fully saturated rings. The average molecular weight is 772 g/mol. The molecule has 1 atom stereocenters. The van der Waals surface area contributed by atoms with Crippen LogP contribution in [0.1, 0.15) is 56.4 Å². The molecule has 3 aliphatic rings. The number of hydrogen-bond acceptors (Lipinski definition) is 2. The van der Waals surface area contributed by atoms with E-state index in [4.69, 9.17) is 4.42 Å². The van der Waals surface area contributed by atoms with Gasteiger partial charge in [-0.05, 0) is 150 Å². The second kappa shape index (κ2) is 12.8. The highest BCUT2D eigenvalue weighted by molar-refractivity contribution is 6.06. The SMILES string of the molecule is CC1(C)c2ccccc2-c2ccc(N(C3=CC=C4c5ccc(-c6ccc7ccccc7c6)cc5C(C)(C)C4C3)c3ccc(-c4ccc5c(c4)oc4ccccc45)cc3)cc21. The van der Waals surface area contributed by atoms with Gasteiger partial charge >= 0.3 is 0 Å². The van der Waals surface area contributed by atoms with E-state index in [0.29, 0.717) is 5.92 Å². The molecule has 3 aliphatic carbocycles. The van der Waals surface area contributed by atoms with E-state index in [1.165, 1.54) is 77.8 Å². The number of anilines is 2. The number of fused-ring (bicyclic) bond motifs is 10. The van der Waals surface area contributed by atoms with Crippen molar-refractivity contribution in [1.29, 1.82) is 0 Å². The predicted octanol–water partition coefficient (Wildman–Crippen LogP) is 15.8. The van der Waals surface area contributed by atoms with Gasteiger partial charge in [-0.15, -0.1) is 0 Å². The minimum absolute atomic E-state index is 0.0556. The number of hydrogen-bond donors (Lipinski definition) is 0. The number of benzene rings is 8. The maximum absolute atomic E-state index is 6.29. The molecule has 1 unspecified atom stereocenters. The topological polar surface area (TPSA) is 16.4 Å². The number of furan rings is 1. The van der Waals surface area contributed by atoms with Crippen LogP contribution in [-0.2, 0) is 10.8 Å². The molecule has 9 aromatic rings. The smallest absolute Gasteiger partial charge is 0.136 e. The predicted molar refractivity (Wildman–Crippen MR) is 252 cm³/mol. The molecule has 12 rings (SSSR count). The Bertz CT molecular complexity index is 3300. The van der Waals surface area contributed by atoms with Crippen molar-refractivity contribution in [2.75, 3.05) is 4.90 Å². The van der Waals surface area contributed by atoms with Crippen LogP contribution in [0.5, 0.6) is 0 Å². The lowest BCUT2D eigenvalue weighted by molar-refractivity contribution is 0.406. The molecule has 0 N–H and O–H groups in total. The van der Waals surface area contributed by atoms with E-state index in [9.17, 15) is 0 Å². The third-order valence-electron chi connectivity index (χ3n) is 14.2. The quantitative estimate of drug-likeness (QED) is 0.173. The zero-order valence-corrected chi connectivity index (χ0v) is 34.5. The fourth-order valence-corrected chi connectivity index (χ4v) is 10.9. The lowest BCUT2D eigenvalue weighted by atomic mass is 9.73. The molecule has 0 radical (unpaired) electrons. The molecular formula is C58H45NO.